The van der Waals surface area contributed by atoms with Crippen LogP contribution < -0.4 is 9.80 Å². The predicted octanol–water partition coefficient (Wildman–Crippen LogP) is 5.28. The van der Waals surface area contributed by atoms with Gasteiger partial charge in [-0.3, -0.25) is 19.3 Å². The normalized spacial score (nSPS) is 21.2. The van der Waals surface area contributed by atoms with Crippen LogP contribution in [0, 0.1) is 18.7 Å². The Labute approximate surface area is 219 Å². The lowest BCUT2D eigenvalue weighted by atomic mass is 9.65. The Morgan fingerprint density at radius 3 is 2.34 bits per heavy atom. The van der Waals surface area contributed by atoms with Gasteiger partial charge in [-0.25, -0.2) is 14.1 Å². The zero-order valence-corrected chi connectivity index (χ0v) is 21.5. The van der Waals surface area contributed by atoms with Gasteiger partial charge < -0.3 is 4.74 Å². The van der Waals surface area contributed by atoms with E-state index in [1.807, 2.05) is 13.0 Å². The molecule has 1 unspecified atom stereocenters. The van der Waals surface area contributed by atoms with Gasteiger partial charge in [-0.2, -0.15) is 0 Å². The van der Waals surface area contributed by atoms with Crippen molar-refractivity contribution in [3.05, 3.63) is 95.3 Å². The topological polar surface area (TPSA) is 84.0 Å². The lowest BCUT2D eigenvalue weighted by molar-refractivity contribution is -0.130. The van der Waals surface area contributed by atoms with Crippen molar-refractivity contribution < 1.29 is 28.3 Å². The highest BCUT2D eigenvalue weighted by molar-refractivity contribution is 6.28. The van der Waals surface area contributed by atoms with E-state index in [-0.39, 0.29) is 17.7 Å². The maximum Gasteiger partial charge on any atom is 0.421 e. The summed E-state index contributed by atoms with van der Waals surface area (Å²) < 4.78 is 20.3. The summed E-state index contributed by atoms with van der Waals surface area (Å²) in [6, 6.07) is 19.0. The summed E-state index contributed by atoms with van der Waals surface area (Å²) in [5.74, 6) is -3.72. The lowest BCUT2D eigenvalue weighted by Gasteiger charge is -2.33. The maximum absolute atomic E-state index is 14.8. The Hall–Kier alpha value is -4.33. The molecule has 1 saturated heterocycles. The third kappa shape index (κ3) is 3.88. The maximum atomic E-state index is 14.8. The van der Waals surface area contributed by atoms with Crippen molar-refractivity contribution in [3.63, 3.8) is 0 Å². The van der Waals surface area contributed by atoms with E-state index in [1.54, 1.807) is 69.3 Å². The van der Waals surface area contributed by atoms with Crippen molar-refractivity contribution in [1.29, 1.82) is 0 Å². The van der Waals surface area contributed by atoms with Crippen LogP contribution in [0.15, 0.2) is 72.8 Å². The Balaban J connectivity index is 1.74. The number of ether oxygens (including phenoxy) is 1. The van der Waals surface area contributed by atoms with Crippen LogP contribution in [0.3, 0.4) is 0 Å². The molecule has 2 atom stereocenters. The average molecular weight is 515 g/mol. The van der Waals surface area contributed by atoms with Crippen LogP contribution in [0.25, 0.3) is 0 Å². The van der Waals surface area contributed by atoms with Gasteiger partial charge in [-0.05, 0) is 69.2 Å². The molecule has 7 nitrogen and oxygen atoms in total. The number of nitrogens with zero attached hydrogens (tertiary/aromatic N) is 2. The second kappa shape index (κ2) is 8.90. The van der Waals surface area contributed by atoms with Crippen LogP contribution in [-0.2, 0) is 24.5 Å². The number of hydrogen-bond donors (Lipinski definition) is 0. The highest BCUT2D eigenvalue weighted by Gasteiger charge is 2.64. The van der Waals surface area contributed by atoms with Gasteiger partial charge >= 0.3 is 6.09 Å². The van der Waals surface area contributed by atoms with Gasteiger partial charge in [0.25, 0.3) is 5.91 Å². The van der Waals surface area contributed by atoms with E-state index in [1.165, 1.54) is 6.07 Å². The van der Waals surface area contributed by atoms with E-state index in [4.69, 9.17) is 4.74 Å². The molecule has 0 aliphatic carbocycles. The third-order valence-corrected chi connectivity index (χ3v) is 6.90. The molecule has 2 heterocycles. The molecule has 8 heteroatoms. The van der Waals surface area contributed by atoms with Gasteiger partial charge in [-0.15, -0.1) is 0 Å². The molecule has 0 aromatic heterocycles. The molecule has 4 amide bonds. The molecule has 38 heavy (non-hydrogen) atoms. The number of imide groups is 2. The van der Waals surface area contributed by atoms with Crippen LogP contribution in [0.4, 0.5) is 20.6 Å². The van der Waals surface area contributed by atoms with Crippen LogP contribution in [0.1, 0.15) is 43.9 Å². The number of carbonyl (C=O) groups is 4. The molecular weight excluding hydrogens is 487 g/mol. The van der Waals surface area contributed by atoms with E-state index < -0.39 is 46.6 Å². The Kier molecular flexibility index (Phi) is 5.93. The molecule has 2 aliphatic heterocycles. The number of amides is 4. The van der Waals surface area contributed by atoms with E-state index in [0.717, 1.165) is 27.5 Å². The lowest BCUT2D eigenvalue weighted by Crippen LogP contribution is -2.51. The first-order valence-electron chi connectivity index (χ1n) is 12.3. The van der Waals surface area contributed by atoms with Crippen molar-refractivity contribution in [2.75, 3.05) is 9.80 Å². The number of halogens is 1. The average Bonchev–Trinajstić information content (AvgIpc) is 3.28. The molecule has 5 rings (SSSR count). The fourth-order valence-corrected chi connectivity index (χ4v) is 5.44. The minimum atomic E-state index is -1.83. The van der Waals surface area contributed by atoms with Crippen LogP contribution >= 0.6 is 0 Å². The van der Waals surface area contributed by atoms with Crippen molar-refractivity contribution in [1.82, 2.24) is 0 Å². The van der Waals surface area contributed by atoms with Crippen molar-refractivity contribution >= 4 is 35.2 Å². The molecule has 0 radical (unpaired) electrons. The number of hydrogen-bond acceptors (Lipinski definition) is 5. The molecule has 0 saturated carbocycles. The number of carbonyl (C=O) groups excluding carboxylic acids is 4. The SMILES string of the molecule is Cc1cccc(N2C(=O)C[C@@H](C3(c4ccccc4)C(=O)N(C(=O)OC(C)(C)C)c4ccc(F)cc43)C2=O)c1. The summed E-state index contributed by atoms with van der Waals surface area (Å²) in [6.45, 7) is 6.84. The molecule has 0 N–H and O–H groups in total. The molecule has 0 bridgehead atoms. The van der Waals surface area contributed by atoms with Gasteiger partial charge in [-0.1, -0.05) is 42.5 Å². The second-order valence-corrected chi connectivity index (χ2v) is 10.6. The molecule has 0 spiro atoms. The highest BCUT2D eigenvalue weighted by Crippen LogP contribution is 2.54. The molecule has 3 aromatic rings. The number of aryl methyl sites for hydroxylation is 1. The van der Waals surface area contributed by atoms with Crippen LogP contribution in [0.2, 0.25) is 0 Å². The number of anilines is 2. The van der Waals surface area contributed by atoms with Gasteiger partial charge in [0, 0.05) is 12.0 Å². The summed E-state index contributed by atoms with van der Waals surface area (Å²) >= 11 is 0. The highest BCUT2D eigenvalue weighted by atomic mass is 19.1. The second-order valence-electron chi connectivity index (χ2n) is 10.6. The first kappa shape index (κ1) is 25.3. The monoisotopic (exact) mass is 514 g/mol. The van der Waals surface area contributed by atoms with Gasteiger partial charge in [0.2, 0.25) is 11.8 Å². The van der Waals surface area contributed by atoms with E-state index >= 15 is 0 Å². The Morgan fingerprint density at radius 1 is 0.974 bits per heavy atom. The van der Waals surface area contributed by atoms with Crippen LogP contribution in [-0.4, -0.2) is 29.4 Å². The number of fused-ring (bicyclic) bond motifs is 1. The standard InChI is InChI=1S/C30H27FN2O5/c1-18-9-8-12-21(15-18)32-25(34)17-23(26(32)35)30(19-10-6-5-7-11-19)22-16-20(31)13-14-24(22)33(27(30)36)28(37)38-29(2,3)4/h5-16,23H,17H2,1-4H3/t23-,30?/m1/s1. The summed E-state index contributed by atoms with van der Waals surface area (Å²) in [4.78, 5) is 57.2. The van der Waals surface area contributed by atoms with Gasteiger partial charge in [0.15, 0.2) is 0 Å². The number of rotatable bonds is 3. The smallest absolute Gasteiger partial charge is 0.421 e. The van der Waals surface area contributed by atoms with E-state index in [0.29, 0.717) is 11.3 Å². The van der Waals surface area contributed by atoms with Crippen molar-refractivity contribution in [3.8, 4) is 0 Å². The molecule has 194 valence electrons. The van der Waals surface area contributed by atoms with Crippen LogP contribution in [0.5, 0.6) is 0 Å². The fraction of sp³-hybridized carbons (Fsp3) is 0.267. The summed E-state index contributed by atoms with van der Waals surface area (Å²) in [5, 5.41) is 0. The van der Waals surface area contributed by atoms with Crippen molar-refractivity contribution in [2.45, 2.75) is 45.1 Å². The zero-order valence-electron chi connectivity index (χ0n) is 21.5. The first-order valence-corrected chi connectivity index (χ1v) is 12.3. The molecular formula is C30H27FN2O5. The fourth-order valence-electron chi connectivity index (χ4n) is 5.44. The Bertz CT molecular complexity index is 1480. The number of benzene rings is 3. The molecule has 1 fully saturated rings. The van der Waals surface area contributed by atoms with E-state index in [9.17, 15) is 23.6 Å². The summed E-state index contributed by atoms with van der Waals surface area (Å²) in [7, 11) is 0. The quantitative estimate of drug-likeness (QED) is 0.444. The largest absolute Gasteiger partial charge is 0.443 e. The minimum absolute atomic E-state index is 0.115. The van der Waals surface area contributed by atoms with Gasteiger partial charge in [0.1, 0.15) is 16.8 Å². The molecule has 3 aromatic carbocycles. The van der Waals surface area contributed by atoms with Crippen molar-refractivity contribution in [2.24, 2.45) is 5.92 Å². The zero-order chi connectivity index (χ0) is 27.4. The third-order valence-electron chi connectivity index (χ3n) is 6.90. The summed E-state index contributed by atoms with van der Waals surface area (Å²) in [6.07, 6.45) is -1.24. The molecule has 2 aliphatic rings. The minimum Gasteiger partial charge on any atom is -0.443 e. The predicted molar refractivity (Wildman–Crippen MR) is 139 cm³/mol. The van der Waals surface area contributed by atoms with E-state index in [2.05, 4.69) is 0 Å². The first-order chi connectivity index (χ1) is 17.9. The summed E-state index contributed by atoms with van der Waals surface area (Å²) in [5.41, 5.74) is -0.887. The van der Waals surface area contributed by atoms with Gasteiger partial charge in [0.05, 0.1) is 17.3 Å². The Morgan fingerprint density at radius 2 is 1.68 bits per heavy atom.